The molecule has 180 valence electrons. The summed E-state index contributed by atoms with van der Waals surface area (Å²) in [4.78, 5) is 46.7. The van der Waals surface area contributed by atoms with Crippen molar-refractivity contribution >= 4 is 46.0 Å². The van der Waals surface area contributed by atoms with Crippen molar-refractivity contribution in [2.75, 3.05) is 26.5 Å². The van der Waals surface area contributed by atoms with Crippen LogP contribution in [-0.2, 0) is 11.3 Å². The largest absolute Gasteiger partial charge is 0.349 e. The third-order valence-electron chi connectivity index (χ3n) is 6.46. The van der Waals surface area contributed by atoms with Gasteiger partial charge < -0.3 is 14.4 Å². The van der Waals surface area contributed by atoms with E-state index in [1.165, 1.54) is 17.8 Å². The molecule has 3 aromatic rings. The van der Waals surface area contributed by atoms with Crippen molar-refractivity contribution in [1.29, 1.82) is 0 Å². The molecular weight excluding hydrogens is 450 g/mol. The van der Waals surface area contributed by atoms with Gasteiger partial charge in [0.2, 0.25) is 11.9 Å². The maximum atomic E-state index is 13.2. The lowest BCUT2D eigenvalue weighted by atomic mass is 9.94. The highest BCUT2D eigenvalue weighted by Gasteiger charge is 2.24. The Balaban J connectivity index is 1.63. The van der Waals surface area contributed by atoms with Crippen molar-refractivity contribution in [3.05, 3.63) is 46.2 Å². The Hall–Kier alpha value is -3.20. The van der Waals surface area contributed by atoms with Crippen LogP contribution in [0.25, 0.3) is 11.0 Å². The van der Waals surface area contributed by atoms with Crippen LogP contribution in [0, 0.1) is 0 Å². The molecule has 0 unspecified atom stereocenters. The first-order chi connectivity index (χ1) is 16.3. The number of benzene rings is 1. The second kappa shape index (κ2) is 10.4. The fourth-order valence-corrected chi connectivity index (χ4v) is 5.04. The molecule has 1 saturated carbocycles. The molecule has 4 rings (SSSR count). The summed E-state index contributed by atoms with van der Waals surface area (Å²) in [7, 11) is 5.31. The van der Waals surface area contributed by atoms with Gasteiger partial charge in [-0.05, 0) is 42.5 Å². The quantitative estimate of drug-likeness (QED) is 0.547. The Morgan fingerprint density at radius 3 is 2.56 bits per heavy atom. The summed E-state index contributed by atoms with van der Waals surface area (Å²) >= 11 is 1.35. The van der Waals surface area contributed by atoms with Gasteiger partial charge in [0.1, 0.15) is 0 Å². The predicted octanol–water partition coefficient (Wildman–Crippen LogP) is 4.23. The Morgan fingerprint density at radius 1 is 1.12 bits per heavy atom. The molecule has 0 bridgehead atoms. The number of amides is 3. The van der Waals surface area contributed by atoms with Crippen LogP contribution in [0.15, 0.2) is 35.7 Å². The zero-order valence-electron chi connectivity index (χ0n) is 19.9. The molecule has 1 N–H and O–H groups in total. The molecule has 1 aliphatic rings. The minimum Gasteiger partial charge on any atom is -0.349 e. The van der Waals surface area contributed by atoms with E-state index in [0.717, 1.165) is 31.2 Å². The van der Waals surface area contributed by atoms with Crippen molar-refractivity contribution in [3.8, 4) is 0 Å². The number of rotatable bonds is 7. The summed E-state index contributed by atoms with van der Waals surface area (Å²) in [6.45, 7) is 0.364. The number of aromatic nitrogens is 2. The van der Waals surface area contributed by atoms with E-state index in [-0.39, 0.29) is 30.2 Å². The minimum absolute atomic E-state index is 0.0155. The standard InChI is InChI=1S/C25H31N5O3S/c1-28(2)22(31)13-14-30-20-12-11-17(24(33)29(3)18-8-5-4-6-9-18)16-19(20)26-25(30)27-23(32)21-10-7-15-34-21/h7,10-12,15-16,18H,4-6,8-9,13-14H2,1-3H3,(H,26,27,32). The number of fused-ring (bicyclic) bond motifs is 1. The van der Waals surface area contributed by atoms with E-state index in [2.05, 4.69) is 10.3 Å². The molecule has 2 aromatic heterocycles. The first kappa shape index (κ1) is 23.9. The van der Waals surface area contributed by atoms with Gasteiger partial charge in [-0.15, -0.1) is 11.3 Å². The number of hydrogen-bond acceptors (Lipinski definition) is 5. The zero-order chi connectivity index (χ0) is 24.2. The fraction of sp³-hybridized carbons (Fsp3) is 0.440. The number of hydrogen-bond donors (Lipinski definition) is 1. The SMILES string of the molecule is CN(C)C(=O)CCn1c(NC(=O)c2cccs2)nc2cc(C(=O)N(C)C3CCCCC3)ccc21. The van der Waals surface area contributed by atoms with E-state index in [0.29, 0.717) is 28.5 Å². The monoisotopic (exact) mass is 481 g/mol. The number of imidazole rings is 1. The maximum absolute atomic E-state index is 13.2. The number of carbonyl (C=O) groups excluding carboxylic acids is 3. The van der Waals surface area contributed by atoms with Gasteiger partial charge in [-0.2, -0.15) is 0 Å². The average Bonchev–Trinajstić information content (AvgIpc) is 3.50. The number of carbonyl (C=O) groups is 3. The van der Waals surface area contributed by atoms with Crippen LogP contribution < -0.4 is 5.32 Å². The molecule has 0 atom stereocenters. The molecule has 0 aliphatic heterocycles. The van der Waals surface area contributed by atoms with Gasteiger partial charge in [0, 0.05) is 45.7 Å². The molecule has 9 heteroatoms. The van der Waals surface area contributed by atoms with Crippen molar-refractivity contribution in [2.24, 2.45) is 0 Å². The third kappa shape index (κ3) is 5.14. The highest BCUT2D eigenvalue weighted by atomic mass is 32.1. The molecule has 0 saturated heterocycles. The molecule has 0 radical (unpaired) electrons. The number of thiophene rings is 1. The summed E-state index contributed by atoms with van der Waals surface area (Å²) in [6, 6.07) is 9.28. The van der Waals surface area contributed by atoms with E-state index in [4.69, 9.17) is 0 Å². The number of anilines is 1. The lowest BCUT2D eigenvalue weighted by Crippen LogP contribution is -2.38. The van der Waals surface area contributed by atoms with E-state index < -0.39 is 0 Å². The van der Waals surface area contributed by atoms with Gasteiger partial charge in [-0.1, -0.05) is 25.3 Å². The van der Waals surface area contributed by atoms with E-state index in [1.54, 1.807) is 37.2 Å². The smallest absolute Gasteiger partial charge is 0.268 e. The molecule has 2 heterocycles. The third-order valence-corrected chi connectivity index (χ3v) is 7.32. The molecule has 1 aliphatic carbocycles. The summed E-state index contributed by atoms with van der Waals surface area (Å²) in [5.41, 5.74) is 1.96. The maximum Gasteiger partial charge on any atom is 0.268 e. The van der Waals surface area contributed by atoms with Crippen LogP contribution in [-0.4, -0.2) is 64.3 Å². The van der Waals surface area contributed by atoms with Crippen LogP contribution in [0.4, 0.5) is 5.95 Å². The first-order valence-electron chi connectivity index (χ1n) is 11.7. The van der Waals surface area contributed by atoms with E-state index >= 15 is 0 Å². The van der Waals surface area contributed by atoms with Crippen molar-refractivity contribution in [1.82, 2.24) is 19.4 Å². The Labute approximate surface area is 203 Å². The molecule has 34 heavy (non-hydrogen) atoms. The Kier molecular flexibility index (Phi) is 7.31. The normalized spacial score (nSPS) is 14.2. The minimum atomic E-state index is -0.251. The van der Waals surface area contributed by atoms with Gasteiger partial charge in [0.05, 0.1) is 15.9 Å². The predicted molar refractivity (Wildman–Crippen MR) is 134 cm³/mol. The van der Waals surface area contributed by atoms with Crippen LogP contribution in [0.5, 0.6) is 0 Å². The number of aryl methyl sites for hydroxylation is 1. The van der Waals surface area contributed by atoms with Crippen LogP contribution in [0.3, 0.4) is 0 Å². The number of nitrogens with zero attached hydrogens (tertiary/aromatic N) is 4. The molecular formula is C25H31N5O3S. The Bertz CT molecular complexity index is 1180. The second-order valence-corrected chi connectivity index (χ2v) is 9.92. The van der Waals surface area contributed by atoms with Gasteiger partial charge in [-0.25, -0.2) is 4.98 Å². The molecule has 1 aromatic carbocycles. The van der Waals surface area contributed by atoms with Gasteiger partial charge in [0.25, 0.3) is 11.8 Å². The number of nitrogens with one attached hydrogen (secondary N) is 1. The highest BCUT2D eigenvalue weighted by molar-refractivity contribution is 7.12. The summed E-state index contributed by atoms with van der Waals surface area (Å²) in [5, 5.41) is 4.72. The summed E-state index contributed by atoms with van der Waals surface area (Å²) in [6.07, 6.45) is 5.90. The highest BCUT2D eigenvalue weighted by Crippen LogP contribution is 2.26. The van der Waals surface area contributed by atoms with Crippen molar-refractivity contribution in [2.45, 2.75) is 51.1 Å². The lowest BCUT2D eigenvalue weighted by Gasteiger charge is -2.31. The fourth-order valence-electron chi connectivity index (χ4n) is 4.42. The molecule has 0 spiro atoms. The van der Waals surface area contributed by atoms with E-state index in [9.17, 15) is 14.4 Å². The zero-order valence-corrected chi connectivity index (χ0v) is 20.7. The average molecular weight is 482 g/mol. The molecule has 8 nitrogen and oxygen atoms in total. The van der Waals surface area contributed by atoms with Gasteiger partial charge in [0.15, 0.2) is 0 Å². The van der Waals surface area contributed by atoms with Crippen molar-refractivity contribution in [3.63, 3.8) is 0 Å². The Morgan fingerprint density at radius 2 is 1.88 bits per heavy atom. The topological polar surface area (TPSA) is 87.5 Å². The van der Waals surface area contributed by atoms with Gasteiger partial charge in [-0.3, -0.25) is 19.7 Å². The lowest BCUT2D eigenvalue weighted by molar-refractivity contribution is -0.128. The van der Waals surface area contributed by atoms with E-state index in [1.807, 2.05) is 34.0 Å². The summed E-state index contributed by atoms with van der Waals surface area (Å²) < 4.78 is 1.83. The first-order valence-corrected chi connectivity index (χ1v) is 12.6. The van der Waals surface area contributed by atoms with Crippen LogP contribution in [0.1, 0.15) is 58.6 Å². The van der Waals surface area contributed by atoms with Gasteiger partial charge >= 0.3 is 0 Å². The molecule has 3 amide bonds. The van der Waals surface area contributed by atoms with Crippen LogP contribution in [0.2, 0.25) is 0 Å². The molecule has 1 fully saturated rings. The van der Waals surface area contributed by atoms with Crippen molar-refractivity contribution < 1.29 is 14.4 Å². The second-order valence-electron chi connectivity index (χ2n) is 8.97. The van der Waals surface area contributed by atoms with Crippen LogP contribution >= 0.6 is 11.3 Å². The summed E-state index contributed by atoms with van der Waals surface area (Å²) in [5.74, 6) is 0.0811.